The van der Waals surface area contributed by atoms with Crippen LogP contribution in [0.25, 0.3) is 0 Å². The molecule has 0 spiro atoms. The van der Waals surface area contributed by atoms with Crippen LogP contribution >= 0.6 is 0 Å². The molecule has 8 nitrogen and oxygen atoms in total. The van der Waals surface area contributed by atoms with Crippen LogP contribution in [0.1, 0.15) is 13.3 Å². The van der Waals surface area contributed by atoms with Crippen molar-refractivity contribution in [1.82, 2.24) is 5.32 Å². The Kier molecular flexibility index (Phi) is 7.23. The Bertz CT molecular complexity index is 657. The van der Waals surface area contributed by atoms with Gasteiger partial charge in [0, 0.05) is 31.7 Å². The van der Waals surface area contributed by atoms with E-state index in [0.717, 1.165) is 30.9 Å². The van der Waals surface area contributed by atoms with Gasteiger partial charge in [0.2, 0.25) is 5.91 Å². The summed E-state index contributed by atoms with van der Waals surface area (Å²) in [5.74, 6) is -2.68. The molecule has 1 aromatic rings. The van der Waals surface area contributed by atoms with Crippen molar-refractivity contribution in [3.8, 4) is 0 Å². The van der Waals surface area contributed by atoms with Crippen LogP contribution in [-0.2, 0) is 9.59 Å². The maximum absolute atomic E-state index is 11.0. The van der Waals surface area contributed by atoms with Crippen molar-refractivity contribution in [2.75, 3.05) is 18.0 Å². The van der Waals surface area contributed by atoms with Gasteiger partial charge in [-0.25, -0.2) is 9.79 Å². The number of amides is 1. The third kappa shape index (κ3) is 7.28. The molecule has 1 aromatic carbocycles. The predicted molar refractivity (Wildman–Crippen MR) is 90.0 cm³/mol. The SMILES string of the molecule is CC(=O)N[C@@H]1CCN(c2ccc(N=C(N)N)cc2)C1.O=C(O)C(F)(F)F. The maximum Gasteiger partial charge on any atom is 0.490 e. The van der Waals surface area contributed by atoms with Crippen molar-refractivity contribution in [1.29, 1.82) is 0 Å². The molecule has 1 aliphatic rings. The van der Waals surface area contributed by atoms with E-state index in [0.29, 0.717) is 0 Å². The molecule has 11 heteroatoms. The average Bonchev–Trinajstić information content (AvgIpc) is 2.94. The number of halogens is 3. The zero-order chi connectivity index (χ0) is 19.9. The van der Waals surface area contributed by atoms with Gasteiger partial charge in [-0.3, -0.25) is 4.79 Å². The molecule has 0 unspecified atom stereocenters. The number of alkyl halides is 3. The van der Waals surface area contributed by atoms with Crippen LogP contribution in [0.5, 0.6) is 0 Å². The molecule has 1 amide bonds. The highest BCUT2D eigenvalue weighted by molar-refractivity contribution is 5.79. The minimum absolute atomic E-state index is 0.0231. The van der Waals surface area contributed by atoms with Crippen molar-refractivity contribution in [3.63, 3.8) is 0 Å². The number of benzene rings is 1. The summed E-state index contributed by atoms with van der Waals surface area (Å²) in [7, 11) is 0. The molecule has 0 saturated carbocycles. The molecular formula is C15H20F3N5O3. The van der Waals surface area contributed by atoms with Gasteiger partial charge in [0.1, 0.15) is 0 Å². The van der Waals surface area contributed by atoms with Crippen LogP contribution in [-0.4, -0.2) is 48.3 Å². The van der Waals surface area contributed by atoms with E-state index in [9.17, 15) is 18.0 Å². The molecule has 2 rings (SSSR count). The van der Waals surface area contributed by atoms with Crippen LogP contribution in [0, 0.1) is 0 Å². The van der Waals surface area contributed by atoms with E-state index >= 15 is 0 Å². The van der Waals surface area contributed by atoms with Gasteiger partial charge >= 0.3 is 12.1 Å². The fraction of sp³-hybridized carbons (Fsp3) is 0.400. The smallest absolute Gasteiger partial charge is 0.475 e. The quantitative estimate of drug-likeness (QED) is 0.459. The van der Waals surface area contributed by atoms with Crippen LogP contribution in [0.15, 0.2) is 29.3 Å². The second-order valence-corrected chi connectivity index (χ2v) is 5.49. The van der Waals surface area contributed by atoms with Crippen molar-refractivity contribution in [3.05, 3.63) is 24.3 Å². The summed E-state index contributed by atoms with van der Waals surface area (Å²) < 4.78 is 31.7. The molecule has 1 saturated heterocycles. The number of nitrogens with two attached hydrogens (primary N) is 2. The van der Waals surface area contributed by atoms with E-state index in [1.54, 1.807) is 6.92 Å². The van der Waals surface area contributed by atoms with Gasteiger partial charge in [0.25, 0.3) is 0 Å². The minimum Gasteiger partial charge on any atom is -0.475 e. The highest BCUT2D eigenvalue weighted by Crippen LogP contribution is 2.23. The average molecular weight is 375 g/mol. The number of nitrogens with one attached hydrogen (secondary N) is 1. The van der Waals surface area contributed by atoms with Crippen LogP contribution < -0.4 is 21.7 Å². The zero-order valence-corrected chi connectivity index (χ0v) is 14.0. The van der Waals surface area contributed by atoms with Crippen molar-refractivity contribution >= 4 is 29.2 Å². The number of anilines is 1. The van der Waals surface area contributed by atoms with Gasteiger partial charge in [-0.15, -0.1) is 0 Å². The fourth-order valence-corrected chi connectivity index (χ4v) is 2.29. The minimum atomic E-state index is -5.08. The normalized spacial score (nSPS) is 16.3. The topological polar surface area (TPSA) is 134 Å². The number of carbonyl (C=O) groups is 2. The number of carboxylic acids is 1. The van der Waals surface area contributed by atoms with Gasteiger partial charge in [0.05, 0.1) is 5.69 Å². The monoisotopic (exact) mass is 375 g/mol. The molecule has 0 bridgehead atoms. The van der Waals surface area contributed by atoms with Crippen molar-refractivity contribution in [2.45, 2.75) is 25.6 Å². The first-order valence-corrected chi connectivity index (χ1v) is 7.51. The van der Waals surface area contributed by atoms with Crippen LogP contribution in [0.4, 0.5) is 24.5 Å². The number of carbonyl (C=O) groups excluding carboxylic acids is 1. The summed E-state index contributed by atoms with van der Waals surface area (Å²) in [5, 5.41) is 10.1. The summed E-state index contributed by atoms with van der Waals surface area (Å²) in [5.41, 5.74) is 12.5. The second kappa shape index (κ2) is 8.92. The molecule has 0 aliphatic carbocycles. The number of nitrogens with zero attached hydrogens (tertiary/aromatic N) is 2. The Morgan fingerprint density at radius 3 is 2.23 bits per heavy atom. The van der Waals surface area contributed by atoms with Gasteiger partial charge in [-0.05, 0) is 30.7 Å². The van der Waals surface area contributed by atoms with E-state index in [2.05, 4.69) is 15.2 Å². The molecule has 144 valence electrons. The molecule has 6 N–H and O–H groups in total. The molecule has 1 fully saturated rings. The lowest BCUT2D eigenvalue weighted by Crippen LogP contribution is -2.35. The highest BCUT2D eigenvalue weighted by atomic mass is 19.4. The van der Waals surface area contributed by atoms with Gasteiger partial charge in [-0.1, -0.05) is 0 Å². The lowest BCUT2D eigenvalue weighted by atomic mass is 10.2. The molecule has 26 heavy (non-hydrogen) atoms. The lowest BCUT2D eigenvalue weighted by molar-refractivity contribution is -0.192. The van der Waals surface area contributed by atoms with E-state index in [-0.39, 0.29) is 17.9 Å². The summed E-state index contributed by atoms with van der Waals surface area (Å²) in [6, 6.07) is 7.95. The van der Waals surface area contributed by atoms with Crippen LogP contribution in [0.3, 0.4) is 0 Å². The lowest BCUT2D eigenvalue weighted by Gasteiger charge is -2.18. The third-order valence-corrected chi connectivity index (χ3v) is 3.31. The Morgan fingerprint density at radius 1 is 1.27 bits per heavy atom. The first kappa shape index (κ1) is 21.1. The van der Waals surface area contributed by atoms with Crippen molar-refractivity contribution < 1.29 is 27.9 Å². The Labute approximate surface area is 147 Å². The number of hydrogen-bond donors (Lipinski definition) is 4. The number of guanidine groups is 1. The molecule has 1 heterocycles. The fourth-order valence-electron chi connectivity index (χ4n) is 2.29. The molecule has 0 radical (unpaired) electrons. The number of hydrogen-bond acceptors (Lipinski definition) is 4. The molecular weight excluding hydrogens is 355 g/mol. The Morgan fingerprint density at radius 2 is 1.81 bits per heavy atom. The summed E-state index contributed by atoms with van der Waals surface area (Å²) >= 11 is 0. The largest absolute Gasteiger partial charge is 0.490 e. The second-order valence-electron chi connectivity index (χ2n) is 5.49. The Balaban J connectivity index is 0.000000412. The number of carboxylic acid groups (broad SMARTS) is 1. The van der Waals surface area contributed by atoms with Gasteiger partial charge < -0.3 is 26.8 Å². The highest BCUT2D eigenvalue weighted by Gasteiger charge is 2.38. The summed E-state index contributed by atoms with van der Waals surface area (Å²) in [6.07, 6.45) is -4.12. The van der Waals surface area contributed by atoms with E-state index in [1.165, 1.54) is 0 Å². The number of aliphatic carboxylic acids is 1. The van der Waals surface area contributed by atoms with E-state index < -0.39 is 12.1 Å². The van der Waals surface area contributed by atoms with Crippen LogP contribution in [0.2, 0.25) is 0 Å². The first-order chi connectivity index (χ1) is 12.0. The van der Waals surface area contributed by atoms with E-state index in [1.807, 2.05) is 24.3 Å². The van der Waals surface area contributed by atoms with E-state index in [4.69, 9.17) is 21.4 Å². The summed E-state index contributed by atoms with van der Waals surface area (Å²) in [4.78, 5) is 26.1. The standard InChI is InChI=1S/C13H19N5O.C2HF3O2/c1-9(19)16-11-6-7-18(8-11)12-4-2-10(3-5-12)17-13(14)15;3-2(4,5)1(6)7/h2-5,11H,6-8H2,1H3,(H,16,19)(H4,14,15,17);(H,6,7)/t11-;/m1./s1. The third-order valence-electron chi connectivity index (χ3n) is 3.31. The zero-order valence-electron chi connectivity index (χ0n) is 14.0. The first-order valence-electron chi connectivity index (χ1n) is 7.51. The molecule has 0 aromatic heterocycles. The number of rotatable bonds is 3. The predicted octanol–water partition coefficient (Wildman–Crippen LogP) is 0.940. The molecule has 1 aliphatic heterocycles. The van der Waals surface area contributed by atoms with Crippen molar-refractivity contribution in [2.24, 2.45) is 16.5 Å². The maximum atomic E-state index is 11.0. The number of aliphatic imine (C=N–C) groups is 1. The van der Waals surface area contributed by atoms with Gasteiger partial charge in [0.15, 0.2) is 5.96 Å². The Hall–Kier alpha value is -2.98. The van der Waals surface area contributed by atoms with Gasteiger partial charge in [-0.2, -0.15) is 13.2 Å². The molecule has 1 atom stereocenters. The summed E-state index contributed by atoms with van der Waals surface area (Å²) in [6.45, 7) is 3.32.